The third-order valence-corrected chi connectivity index (χ3v) is 2.50. The van der Waals surface area contributed by atoms with Crippen molar-refractivity contribution in [1.29, 1.82) is 0 Å². The van der Waals surface area contributed by atoms with Crippen molar-refractivity contribution in [2.45, 2.75) is 0 Å². The van der Waals surface area contributed by atoms with Crippen molar-refractivity contribution < 1.29 is 4.74 Å². The summed E-state index contributed by atoms with van der Waals surface area (Å²) in [6, 6.07) is 9.84. The molecule has 0 saturated heterocycles. The van der Waals surface area contributed by atoms with Gasteiger partial charge >= 0.3 is 6.01 Å². The Kier molecular flexibility index (Phi) is 2.64. The van der Waals surface area contributed by atoms with E-state index in [4.69, 9.17) is 10.5 Å². The van der Waals surface area contributed by atoms with E-state index in [1.54, 1.807) is 28.9 Å². The number of aromatic nitrogens is 5. The molecule has 1 aromatic carbocycles. The van der Waals surface area contributed by atoms with Crippen LogP contribution in [-0.4, -0.2) is 24.5 Å². The molecule has 0 saturated carbocycles. The second kappa shape index (κ2) is 4.45. The lowest BCUT2D eigenvalue weighted by atomic mass is 10.3. The van der Waals surface area contributed by atoms with Gasteiger partial charge in [0.05, 0.1) is 11.9 Å². The van der Waals surface area contributed by atoms with E-state index in [1.807, 2.05) is 30.3 Å². The number of nitrogen functional groups attached to an aromatic ring is 1. The van der Waals surface area contributed by atoms with Crippen LogP contribution < -0.4 is 10.5 Å². The average Bonchev–Trinajstić information content (AvgIpc) is 2.99. The summed E-state index contributed by atoms with van der Waals surface area (Å²) in [6.45, 7) is 0. The van der Waals surface area contributed by atoms with Gasteiger partial charge in [-0.15, -0.1) is 10.2 Å². The number of anilines is 1. The fraction of sp³-hybridized carbons (Fsp3) is 0.0833. The van der Waals surface area contributed by atoms with E-state index in [0.717, 1.165) is 5.69 Å². The summed E-state index contributed by atoms with van der Waals surface area (Å²) in [6.07, 6.45) is 3.23. The summed E-state index contributed by atoms with van der Waals surface area (Å²) < 4.78 is 8.62. The van der Waals surface area contributed by atoms with Crippen LogP contribution in [0.15, 0.2) is 42.9 Å². The van der Waals surface area contributed by atoms with E-state index in [9.17, 15) is 0 Å². The van der Waals surface area contributed by atoms with Crippen LogP contribution in [-0.2, 0) is 7.05 Å². The first kappa shape index (κ1) is 11.3. The van der Waals surface area contributed by atoms with E-state index in [2.05, 4.69) is 15.2 Å². The van der Waals surface area contributed by atoms with Crippen LogP contribution in [0.3, 0.4) is 0 Å². The quantitative estimate of drug-likeness (QED) is 0.765. The van der Waals surface area contributed by atoms with Crippen LogP contribution in [0.4, 0.5) is 5.69 Å². The lowest BCUT2D eigenvalue weighted by molar-refractivity contribution is 0.420. The number of hydrogen-bond donors (Lipinski definition) is 1. The number of ether oxygens (including phenoxy) is 1. The molecular weight excluding hydrogens is 244 g/mol. The number of rotatable bonds is 3. The molecule has 7 nitrogen and oxygen atoms in total. The van der Waals surface area contributed by atoms with Gasteiger partial charge in [-0.1, -0.05) is 18.2 Å². The Labute approximate surface area is 109 Å². The lowest BCUT2D eigenvalue weighted by Crippen LogP contribution is -1.96. The van der Waals surface area contributed by atoms with Crippen LogP contribution in [0.25, 0.3) is 5.69 Å². The first-order valence-electron chi connectivity index (χ1n) is 5.66. The van der Waals surface area contributed by atoms with Gasteiger partial charge in [0.15, 0.2) is 0 Å². The van der Waals surface area contributed by atoms with Gasteiger partial charge in [0.1, 0.15) is 12.0 Å². The first-order chi connectivity index (χ1) is 9.22. The molecule has 0 atom stereocenters. The van der Waals surface area contributed by atoms with Gasteiger partial charge < -0.3 is 10.5 Å². The Morgan fingerprint density at radius 2 is 1.95 bits per heavy atom. The van der Waals surface area contributed by atoms with E-state index in [-0.39, 0.29) is 6.01 Å². The van der Waals surface area contributed by atoms with Gasteiger partial charge in [-0.3, -0.25) is 4.68 Å². The molecule has 0 aliphatic rings. The molecule has 0 amide bonds. The van der Waals surface area contributed by atoms with Crippen LogP contribution in [0.1, 0.15) is 0 Å². The summed E-state index contributed by atoms with van der Waals surface area (Å²) in [5.41, 5.74) is 7.08. The van der Waals surface area contributed by atoms with Gasteiger partial charge in [0.25, 0.3) is 5.88 Å². The zero-order valence-corrected chi connectivity index (χ0v) is 10.3. The van der Waals surface area contributed by atoms with Gasteiger partial charge in [0.2, 0.25) is 0 Å². The molecule has 19 heavy (non-hydrogen) atoms. The van der Waals surface area contributed by atoms with Crippen LogP contribution >= 0.6 is 0 Å². The van der Waals surface area contributed by atoms with Crippen LogP contribution in [0.2, 0.25) is 0 Å². The minimum atomic E-state index is 0.203. The standard InChI is InChI=1S/C12H12N6O/c1-17-7-10(13)11(15-17)19-12-14-8-18(16-12)9-5-3-2-4-6-9/h2-8H,13H2,1H3. The maximum Gasteiger partial charge on any atom is 0.342 e. The van der Waals surface area contributed by atoms with Crippen molar-refractivity contribution in [3.05, 3.63) is 42.9 Å². The van der Waals surface area contributed by atoms with E-state index < -0.39 is 0 Å². The Bertz CT molecular complexity index is 687. The predicted molar refractivity (Wildman–Crippen MR) is 69.1 cm³/mol. The van der Waals surface area contributed by atoms with E-state index >= 15 is 0 Å². The van der Waals surface area contributed by atoms with Crippen molar-refractivity contribution in [3.63, 3.8) is 0 Å². The molecule has 0 radical (unpaired) electrons. The summed E-state index contributed by atoms with van der Waals surface area (Å²) in [7, 11) is 1.76. The van der Waals surface area contributed by atoms with Gasteiger partial charge in [-0.05, 0) is 12.1 Å². The molecule has 96 valence electrons. The van der Waals surface area contributed by atoms with Gasteiger partial charge in [-0.2, -0.15) is 4.98 Å². The molecule has 2 aromatic heterocycles. The molecule has 0 aliphatic carbocycles. The highest BCUT2D eigenvalue weighted by atomic mass is 16.5. The Hall–Kier alpha value is -2.83. The Morgan fingerprint density at radius 1 is 1.16 bits per heavy atom. The fourth-order valence-electron chi connectivity index (χ4n) is 1.65. The molecule has 7 heteroatoms. The number of para-hydroxylation sites is 1. The Morgan fingerprint density at radius 3 is 2.63 bits per heavy atom. The van der Waals surface area contributed by atoms with Crippen molar-refractivity contribution in [1.82, 2.24) is 24.5 Å². The van der Waals surface area contributed by atoms with Gasteiger partial charge in [-0.25, -0.2) is 4.68 Å². The molecule has 2 heterocycles. The zero-order valence-electron chi connectivity index (χ0n) is 10.3. The fourth-order valence-corrected chi connectivity index (χ4v) is 1.65. The zero-order chi connectivity index (χ0) is 13.2. The smallest absolute Gasteiger partial charge is 0.342 e. The van der Waals surface area contributed by atoms with Crippen molar-refractivity contribution >= 4 is 5.69 Å². The van der Waals surface area contributed by atoms with Crippen molar-refractivity contribution in [2.75, 3.05) is 5.73 Å². The highest BCUT2D eigenvalue weighted by Crippen LogP contribution is 2.22. The summed E-state index contributed by atoms with van der Waals surface area (Å²) in [5, 5.41) is 8.27. The van der Waals surface area contributed by atoms with Crippen LogP contribution in [0.5, 0.6) is 11.9 Å². The van der Waals surface area contributed by atoms with Crippen molar-refractivity contribution in [3.8, 4) is 17.6 Å². The highest BCUT2D eigenvalue weighted by molar-refractivity contribution is 5.46. The maximum absolute atomic E-state index is 5.74. The number of benzene rings is 1. The summed E-state index contributed by atoms with van der Waals surface area (Å²) in [4.78, 5) is 4.06. The molecule has 0 bridgehead atoms. The third kappa shape index (κ3) is 2.25. The maximum atomic E-state index is 5.74. The number of nitrogens with two attached hydrogens (primary N) is 1. The number of nitrogens with zero attached hydrogens (tertiary/aromatic N) is 5. The van der Waals surface area contributed by atoms with Gasteiger partial charge in [0, 0.05) is 7.05 Å². The number of hydrogen-bond acceptors (Lipinski definition) is 5. The lowest BCUT2D eigenvalue weighted by Gasteiger charge is -1.98. The summed E-state index contributed by atoms with van der Waals surface area (Å²) in [5.74, 6) is 0.299. The average molecular weight is 256 g/mol. The molecule has 0 unspecified atom stereocenters. The monoisotopic (exact) mass is 256 g/mol. The first-order valence-corrected chi connectivity index (χ1v) is 5.66. The third-order valence-electron chi connectivity index (χ3n) is 2.50. The molecule has 0 aliphatic heterocycles. The number of aryl methyl sites for hydroxylation is 1. The molecule has 0 fully saturated rings. The van der Waals surface area contributed by atoms with E-state index in [0.29, 0.717) is 11.6 Å². The molecular formula is C12H12N6O. The second-order valence-electron chi connectivity index (χ2n) is 3.97. The molecule has 0 spiro atoms. The summed E-state index contributed by atoms with van der Waals surface area (Å²) >= 11 is 0. The SMILES string of the molecule is Cn1cc(N)c(Oc2ncn(-c3ccccc3)n2)n1. The second-order valence-corrected chi connectivity index (χ2v) is 3.97. The largest absolute Gasteiger partial charge is 0.400 e. The predicted octanol–water partition coefficient (Wildman–Crippen LogP) is 1.38. The van der Waals surface area contributed by atoms with Crippen molar-refractivity contribution in [2.24, 2.45) is 7.05 Å². The minimum absolute atomic E-state index is 0.203. The van der Waals surface area contributed by atoms with Crippen LogP contribution in [0, 0.1) is 0 Å². The molecule has 3 aromatic rings. The normalized spacial score (nSPS) is 10.6. The topological polar surface area (TPSA) is 83.8 Å². The highest BCUT2D eigenvalue weighted by Gasteiger charge is 2.10. The molecule has 2 N–H and O–H groups in total. The Balaban J connectivity index is 1.84. The molecule has 3 rings (SSSR count). The minimum Gasteiger partial charge on any atom is -0.400 e. The van der Waals surface area contributed by atoms with E-state index in [1.165, 1.54) is 0 Å².